The Morgan fingerprint density at radius 3 is 2.06 bits per heavy atom. The second-order valence-electron chi connectivity index (χ2n) is 8.76. The zero-order valence-electron chi connectivity index (χ0n) is 20.6. The van der Waals surface area contributed by atoms with Crippen molar-refractivity contribution in [1.29, 1.82) is 0 Å². The summed E-state index contributed by atoms with van der Waals surface area (Å²) in [6.45, 7) is 4.64. The smallest absolute Gasteiger partial charge is 0.407 e. The number of sulfonamides is 1. The van der Waals surface area contributed by atoms with Gasteiger partial charge in [0, 0.05) is 6.54 Å². The van der Waals surface area contributed by atoms with E-state index in [4.69, 9.17) is 14.2 Å². The van der Waals surface area contributed by atoms with Gasteiger partial charge in [0.15, 0.2) is 0 Å². The molecule has 0 aliphatic heterocycles. The summed E-state index contributed by atoms with van der Waals surface area (Å²) in [6.07, 6.45) is -2.33. The Hall–Kier alpha value is -3.19. The van der Waals surface area contributed by atoms with Crippen LogP contribution in [0.1, 0.15) is 20.8 Å². The van der Waals surface area contributed by atoms with Crippen LogP contribution in [0.15, 0.2) is 53.4 Å². The molecular formula is C24H32N2O9S. The van der Waals surface area contributed by atoms with Crippen molar-refractivity contribution in [1.82, 2.24) is 10.0 Å². The number of methoxy groups -OCH3 is 1. The van der Waals surface area contributed by atoms with Crippen molar-refractivity contribution in [2.75, 3.05) is 26.9 Å². The van der Waals surface area contributed by atoms with Gasteiger partial charge in [0.1, 0.15) is 23.5 Å². The first-order chi connectivity index (χ1) is 16.8. The number of rotatable bonds is 12. The zero-order valence-corrected chi connectivity index (χ0v) is 21.4. The summed E-state index contributed by atoms with van der Waals surface area (Å²) in [6, 6.07) is 11.2. The molecule has 4 N–H and O–H groups in total. The van der Waals surface area contributed by atoms with Crippen molar-refractivity contribution in [3.63, 3.8) is 0 Å². The van der Waals surface area contributed by atoms with Crippen LogP contribution in [0, 0.1) is 0 Å². The van der Waals surface area contributed by atoms with Gasteiger partial charge < -0.3 is 29.7 Å². The predicted octanol–water partition coefficient (Wildman–Crippen LogP) is 2.00. The highest BCUT2D eigenvalue weighted by Gasteiger charge is 2.32. The normalized spacial score (nSPS) is 13.5. The van der Waals surface area contributed by atoms with Crippen LogP contribution < -0.4 is 14.8 Å². The van der Waals surface area contributed by atoms with Gasteiger partial charge in [-0.05, 0) is 56.2 Å². The van der Waals surface area contributed by atoms with E-state index >= 15 is 0 Å². The molecule has 198 valence electrons. The number of aliphatic hydroxyl groups excluding tert-OH is 1. The van der Waals surface area contributed by atoms with E-state index in [1.165, 1.54) is 12.1 Å². The van der Waals surface area contributed by atoms with Crippen molar-refractivity contribution in [2.24, 2.45) is 0 Å². The van der Waals surface area contributed by atoms with Crippen LogP contribution in [0.4, 0.5) is 4.79 Å². The molecule has 0 heterocycles. The number of nitrogens with one attached hydrogen (secondary N) is 2. The molecule has 0 unspecified atom stereocenters. The molecule has 11 nitrogen and oxygen atoms in total. The maximum Gasteiger partial charge on any atom is 0.407 e. The number of carboxylic acid groups (broad SMARTS) is 1. The molecule has 0 aliphatic carbocycles. The average Bonchev–Trinajstić information content (AvgIpc) is 2.81. The molecular weight excluding hydrogens is 492 g/mol. The fourth-order valence-corrected chi connectivity index (χ4v) is 4.20. The molecule has 0 saturated carbocycles. The Bertz CT molecular complexity index is 1110. The van der Waals surface area contributed by atoms with Gasteiger partial charge in [-0.25, -0.2) is 13.2 Å². The number of carbonyl (C=O) groups excluding carboxylic acids is 1. The summed E-state index contributed by atoms with van der Waals surface area (Å²) in [5.41, 5.74) is 0.924. The topological polar surface area (TPSA) is 160 Å². The van der Waals surface area contributed by atoms with Crippen molar-refractivity contribution >= 4 is 22.1 Å². The van der Waals surface area contributed by atoms with E-state index in [-0.39, 0.29) is 18.0 Å². The minimum absolute atomic E-state index is 0.0473. The van der Waals surface area contributed by atoms with E-state index in [0.717, 1.165) is 11.1 Å². The number of hydrogen-bond donors (Lipinski definition) is 4. The highest BCUT2D eigenvalue weighted by Crippen LogP contribution is 2.24. The second-order valence-corrected chi connectivity index (χ2v) is 10.5. The highest BCUT2D eigenvalue weighted by atomic mass is 32.2. The van der Waals surface area contributed by atoms with Gasteiger partial charge in [0.05, 0.1) is 25.2 Å². The number of amides is 1. The lowest BCUT2D eigenvalue weighted by Gasteiger charge is -2.21. The predicted molar refractivity (Wildman–Crippen MR) is 131 cm³/mol. The minimum Gasteiger partial charge on any atom is -0.497 e. The van der Waals surface area contributed by atoms with Gasteiger partial charge >= 0.3 is 12.1 Å². The summed E-state index contributed by atoms with van der Waals surface area (Å²) < 4.78 is 42.9. The van der Waals surface area contributed by atoms with Crippen LogP contribution in [-0.4, -0.2) is 75.3 Å². The van der Waals surface area contributed by atoms with Crippen LogP contribution in [0.5, 0.6) is 5.75 Å². The number of aliphatic hydroxyl groups is 1. The maximum absolute atomic E-state index is 12.7. The lowest BCUT2D eigenvalue weighted by atomic mass is 10.1. The van der Waals surface area contributed by atoms with Crippen LogP contribution in [-0.2, 0) is 24.3 Å². The molecule has 0 aliphatic rings. The van der Waals surface area contributed by atoms with Crippen LogP contribution >= 0.6 is 0 Å². The lowest BCUT2D eigenvalue weighted by Crippen LogP contribution is -2.50. The average molecular weight is 525 g/mol. The van der Waals surface area contributed by atoms with Crippen molar-refractivity contribution in [3.8, 4) is 16.9 Å². The van der Waals surface area contributed by atoms with Crippen LogP contribution in [0.2, 0.25) is 0 Å². The Labute approximate surface area is 210 Å². The highest BCUT2D eigenvalue weighted by molar-refractivity contribution is 7.89. The molecule has 0 spiro atoms. The van der Waals surface area contributed by atoms with Gasteiger partial charge in [-0.1, -0.05) is 24.3 Å². The summed E-state index contributed by atoms with van der Waals surface area (Å²) in [5, 5.41) is 22.1. The standard InChI is InChI=1S/C24H32N2O9S/c1-24(2,3)35-23(30)25-13-14-34-15-20(27)21(22(28)29)26-36(31,32)19-11-7-17(8-12-19)16-5-9-18(33-4)10-6-16/h5-12,20-21,26-27H,13-15H2,1-4H3,(H,25,30)(H,28,29)/t20-,21-/m1/s1. The Morgan fingerprint density at radius 1 is 1.00 bits per heavy atom. The summed E-state index contributed by atoms with van der Waals surface area (Å²) in [7, 11) is -2.71. The third kappa shape index (κ3) is 9.11. The number of carbonyl (C=O) groups is 2. The number of hydrogen-bond acceptors (Lipinski definition) is 8. The third-order valence-electron chi connectivity index (χ3n) is 4.72. The molecule has 2 aromatic rings. The Morgan fingerprint density at radius 2 is 1.56 bits per heavy atom. The summed E-state index contributed by atoms with van der Waals surface area (Å²) >= 11 is 0. The molecule has 1 amide bonds. The fourth-order valence-electron chi connectivity index (χ4n) is 2.98. The molecule has 12 heteroatoms. The minimum atomic E-state index is -4.26. The van der Waals surface area contributed by atoms with E-state index < -0.39 is 46.4 Å². The first-order valence-corrected chi connectivity index (χ1v) is 12.5. The molecule has 0 aromatic heterocycles. The molecule has 2 aromatic carbocycles. The molecule has 36 heavy (non-hydrogen) atoms. The molecule has 0 fully saturated rings. The molecule has 2 rings (SSSR count). The number of ether oxygens (including phenoxy) is 3. The van der Waals surface area contributed by atoms with E-state index in [9.17, 15) is 28.2 Å². The quantitative estimate of drug-likeness (QED) is 0.304. The lowest BCUT2D eigenvalue weighted by molar-refractivity contribution is -0.143. The maximum atomic E-state index is 12.7. The molecule has 0 saturated heterocycles. The van der Waals surface area contributed by atoms with Gasteiger partial charge in [-0.15, -0.1) is 0 Å². The van der Waals surface area contributed by atoms with Crippen molar-refractivity contribution in [2.45, 2.75) is 43.4 Å². The fraction of sp³-hybridized carbons (Fsp3) is 0.417. The van der Waals surface area contributed by atoms with Crippen LogP contribution in [0.25, 0.3) is 11.1 Å². The van der Waals surface area contributed by atoms with E-state index in [0.29, 0.717) is 5.75 Å². The first-order valence-electron chi connectivity index (χ1n) is 11.0. The van der Waals surface area contributed by atoms with Gasteiger partial charge in [0.25, 0.3) is 0 Å². The largest absolute Gasteiger partial charge is 0.497 e. The summed E-state index contributed by atoms with van der Waals surface area (Å²) in [5.74, 6) is -0.889. The number of aliphatic carboxylic acids is 1. The SMILES string of the molecule is COc1ccc(-c2ccc(S(=O)(=O)N[C@@H](C(=O)O)[C@H](O)COCCNC(=O)OC(C)(C)C)cc2)cc1. The molecule has 0 radical (unpaired) electrons. The zero-order chi connectivity index (χ0) is 26.9. The van der Waals surface area contributed by atoms with Crippen LogP contribution in [0.3, 0.4) is 0 Å². The second kappa shape index (κ2) is 12.7. The van der Waals surface area contributed by atoms with E-state index in [2.05, 4.69) is 5.32 Å². The molecule has 0 bridgehead atoms. The number of carboxylic acids is 1. The van der Waals surface area contributed by atoms with Gasteiger partial charge in [0.2, 0.25) is 10.0 Å². The van der Waals surface area contributed by atoms with Crippen molar-refractivity contribution < 1.29 is 42.4 Å². The first kappa shape index (κ1) is 29.0. The summed E-state index contributed by atoms with van der Waals surface area (Å²) in [4.78, 5) is 23.0. The molecule has 2 atom stereocenters. The Kier molecular flexibility index (Phi) is 10.2. The Balaban J connectivity index is 1.94. The third-order valence-corrected chi connectivity index (χ3v) is 6.18. The van der Waals surface area contributed by atoms with Gasteiger partial charge in [-0.3, -0.25) is 4.79 Å². The van der Waals surface area contributed by atoms with E-state index in [1.54, 1.807) is 52.1 Å². The number of alkyl carbamates (subject to hydrolysis) is 1. The van der Waals surface area contributed by atoms with Crippen molar-refractivity contribution in [3.05, 3.63) is 48.5 Å². The number of benzene rings is 2. The van der Waals surface area contributed by atoms with Gasteiger partial charge in [-0.2, -0.15) is 4.72 Å². The van der Waals surface area contributed by atoms with E-state index in [1.807, 2.05) is 16.9 Å². The monoisotopic (exact) mass is 524 g/mol.